The standard InChI is InChI=1S/C20H25NO2/c1-19-8-7-16-14(15(19)4-5-18(19)23)3-2-12-10-13(22)6-9-20(12,16)17-11-21-17/h10,14-16H,2-9,11H2,1H3/t14?,15?,16?,19-,20+/m0/s1. The minimum absolute atomic E-state index is 0.0561. The zero-order valence-electron chi connectivity index (χ0n) is 13.9. The van der Waals surface area contributed by atoms with Crippen LogP contribution in [0.1, 0.15) is 58.3 Å². The Bertz CT molecular complexity index is 675. The Labute approximate surface area is 137 Å². The summed E-state index contributed by atoms with van der Waals surface area (Å²) in [5.74, 6) is 2.68. The van der Waals surface area contributed by atoms with Gasteiger partial charge >= 0.3 is 0 Å². The maximum atomic E-state index is 12.5. The van der Waals surface area contributed by atoms with Crippen molar-refractivity contribution in [3.8, 4) is 0 Å². The van der Waals surface area contributed by atoms with Crippen LogP contribution in [0.3, 0.4) is 0 Å². The monoisotopic (exact) mass is 311 g/mol. The van der Waals surface area contributed by atoms with Gasteiger partial charge in [-0.25, -0.2) is 0 Å². The Morgan fingerprint density at radius 1 is 1.04 bits per heavy atom. The summed E-state index contributed by atoms with van der Waals surface area (Å²) in [7, 11) is 0. The molecule has 0 radical (unpaired) electrons. The summed E-state index contributed by atoms with van der Waals surface area (Å²) in [4.78, 5) is 29.1. The van der Waals surface area contributed by atoms with Gasteiger partial charge in [0.05, 0.1) is 6.54 Å². The Balaban J connectivity index is 1.58. The number of hydrogen-bond donors (Lipinski definition) is 0. The summed E-state index contributed by atoms with van der Waals surface area (Å²) in [6.45, 7) is 3.15. The third kappa shape index (κ3) is 1.69. The largest absolute Gasteiger partial charge is 0.299 e. The van der Waals surface area contributed by atoms with Crippen molar-refractivity contribution in [3.63, 3.8) is 0 Å². The number of Topliss-reactive ketones (excluding diaryl/α,β-unsaturated/α-hetero) is 1. The minimum Gasteiger partial charge on any atom is -0.299 e. The fraction of sp³-hybridized carbons (Fsp3) is 0.750. The number of allylic oxidation sites excluding steroid dienone is 1. The normalized spacial score (nSPS) is 48.1. The molecule has 5 rings (SSSR count). The van der Waals surface area contributed by atoms with Gasteiger partial charge in [0.25, 0.3) is 0 Å². The highest BCUT2D eigenvalue weighted by molar-refractivity contribution is 6.06. The Hall–Kier alpha value is -1.25. The SMILES string of the molecule is C[C@]12CCC3C(CCC4=CC(=O)CC[C@@]43C3=NC3)C1CCC2=O. The smallest absolute Gasteiger partial charge is 0.155 e. The number of rotatable bonds is 1. The van der Waals surface area contributed by atoms with Crippen LogP contribution in [-0.4, -0.2) is 23.8 Å². The quantitative estimate of drug-likeness (QED) is 0.744. The molecule has 5 atom stereocenters. The first-order valence-corrected chi connectivity index (χ1v) is 9.37. The summed E-state index contributed by atoms with van der Waals surface area (Å²) in [5.41, 5.74) is 2.81. The van der Waals surface area contributed by atoms with E-state index in [0.29, 0.717) is 35.7 Å². The van der Waals surface area contributed by atoms with Crippen molar-refractivity contribution >= 4 is 17.3 Å². The van der Waals surface area contributed by atoms with Crippen LogP contribution in [0.4, 0.5) is 0 Å². The van der Waals surface area contributed by atoms with Crippen LogP contribution in [0.25, 0.3) is 0 Å². The summed E-state index contributed by atoms with van der Waals surface area (Å²) in [5, 5.41) is 0. The van der Waals surface area contributed by atoms with Crippen molar-refractivity contribution in [3.05, 3.63) is 11.6 Å². The van der Waals surface area contributed by atoms with E-state index in [1.165, 1.54) is 17.7 Å². The zero-order chi connectivity index (χ0) is 15.8. The fourth-order valence-corrected chi connectivity index (χ4v) is 6.86. The van der Waals surface area contributed by atoms with E-state index in [-0.39, 0.29) is 10.8 Å². The first-order valence-electron chi connectivity index (χ1n) is 9.37. The predicted octanol–water partition coefficient (Wildman–Crippen LogP) is 3.52. The van der Waals surface area contributed by atoms with Gasteiger partial charge in [-0.1, -0.05) is 12.5 Å². The van der Waals surface area contributed by atoms with Crippen molar-refractivity contribution in [1.29, 1.82) is 0 Å². The Morgan fingerprint density at radius 3 is 2.65 bits per heavy atom. The van der Waals surface area contributed by atoms with Gasteiger partial charge in [0.2, 0.25) is 0 Å². The third-order valence-corrected chi connectivity index (χ3v) is 8.03. The predicted molar refractivity (Wildman–Crippen MR) is 88.3 cm³/mol. The maximum Gasteiger partial charge on any atom is 0.155 e. The molecule has 122 valence electrons. The molecule has 3 nitrogen and oxygen atoms in total. The van der Waals surface area contributed by atoms with Crippen molar-refractivity contribution in [2.24, 2.45) is 33.6 Å². The van der Waals surface area contributed by atoms with E-state index in [2.05, 4.69) is 11.9 Å². The van der Waals surface area contributed by atoms with E-state index in [0.717, 1.165) is 45.1 Å². The first-order chi connectivity index (χ1) is 11.1. The van der Waals surface area contributed by atoms with Crippen LogP contribution in [-0.2, 0) is 9.59 Å². The molecule has 0 N–H and O–H groups in total. The second-order valence-electron chi connectivity index (χ2n) is 8.70. The third-order valence-electron chi connectivity index (χ3n) is 8.03. The molecule has 0 aromatic heterocycles. The molecular formula is C20H25NO2. The zero-order valence-corrected chi connectivity index (χ0v) is 13.9. The highest BCUT2D eigenvalue weighted by Crippen LogP contribution is 2.65. The second-order valence-corrected chi connectivity index (χ2v) is 8.70. The lowest BCUT2D eigenvalue weighted by Crippen LogP contribution is -2.53. The van der Waals surface area contributed by atoms with Crippen LogP contribution in [0, 0.1) is 28.6 Å². The molecule has 3 heteroatoms. The molecule has 3 fully saturated rings. The Kier molecular flexibility index (Phi) is 2.72. The summed E-state index contributed by atoms with van der Waals surface area (Å²) < 4.78 is 0. The van der Waals surface area contributed by atoms with Crippen LogP contribution in [0.5, 0.6) is 0 Å². The number of ketones is 2. The number of hydrogen-bond acceptors (Lipinski definition) is 3. The van der Waals surface area contributed by atoms with E-state index in [9.17, 15) is 9.59 Å². The molecule has 5 aliphatic rings. The van der Waals surface area contributed by atoms with Crippen molar-refractivity contribution in [2.45, 2.75) is 58.3 Å². The first kappa shape index (κ1) is 14.1. The lowest BCUT2D eigenvalue weighted by Gasteiger charge is -2.57. The molecule has 1 heterocycles. The van der Waals surface area contributed by atoms with Crippen molar-refractivity contribution in [2.75, 3.05) is 6.54 Å². The molecule has 0 amide bonds. The number of carbonyl (C=O) groups excluding carboxylic acids is 2. The second kappa shape index (κ2) is 4.43. The molecule has 0 aromatic carbocycles. The van der Waals surface area contributed by atoms with E-state index >= 15 is 0 Å². The maximum absolute atomic E-state index is 12.5. The van der Waals surface area contributed by atoms with Crippen LogP contribution in [0.15, 0.2) is 16.6 Å². The van der Waals surface area contributed by atoms with Gasteiger partial charge in [0.15, 0.2) is 5.78 Å². The molecule has 3 saturated carbocycles. The molecular weight excluding hydrogens is 286 g/mol. The number of nitrogens with zero attached hydrogens (tertiary/aromatic N) is 1. The van der Waals surface area contributed by atoms with Gasteiger partial charge in [-0.3, -0.25) is 14.6 Å². The lowest BCUT2D eigenvalue weighted by molar-refractivity contribution is -0.131. The van der Waals surface area contributed by atoms with Crippen molar-refractivity contribution < 1.29 is 9.59 Å². The average Bonchev–Trinajstić information content (AvgIpc) is 3.34. The average molecular weight is 311 g/mol. The Morgan fingerprint density at radius 2 is 1.87 bits per heavy atom. The van der Waals surface area contributed by atoms with Gasteiger partial charge in [0, 0.05) is 29.4 Å². The van der Waals surface area contributed by atoms with Crippen molar-refractivity contribution in [1.82, 2.24) is 0 Å². The van der Waals surface area contributed by atoms with E-state index in [1.54, 1.807) is 0 Å². The van der Waals surface area contributed by atoms with E-state index in [4.69, 9.17) is 0 Å². The van der Waals surface area contributed by atoms with Gasteiger partial charge in [-0.2, -0.15) is 0 Å². The van der Waals surface area contributed by atoms with Crippen LogP contribution >= 0.6 is 0 Å². The van der Waals surface area contributed by atoms with Gasteiger partial charge in [-0.05, 0) is 62.4 Å². The minimum atomic E-state index is -0.0561. The number of carbonyl (C=O) groups is 2. The van der Waals surface area contributed by atoms with Gasteiger partial charge in [-0.15, -0.1) is 0 Å². The molecule has 0 spiro atoms. The van der Waals surface area contributed by atoms with Crippen LogP contribution in [0.2, 0.25) is 0 Å². The van der Waals surface area contributed by atoms with E-state index < -0.39 is 0 Å². The number of aliphatic imine (C=N–C) groups is 1. The molecule has 3 unspecified atom stereocenters. The van der Waals surface area contributed by atoms with Crippen LogP contribution < -0.4 is 0 Å². The number of fused-ring (bicyclic) bond motifs is 5. The lowest BCUT2D eigenvalue weighted by atomic mass is 9.46. The molecule has 0 aromatic rings. The summed E-state index contributed by atoms with van der Waals surface area (Å²) in [6.07, 6.45) is 9.94. The molecule has 0 bridgehead atoms. The topological polar surface area (TPSA) is 46.5 Å². The highest BCUT2D eigenvalue weighted by atomic mass is 16.1. The molecule has 4 aliphatic carbocycles. The fourth-order valence-electron chi connectivity index (χ4n) is 6.86. The summed E-state index contributed by atoms with van der Waals surface area (Å²) >= 11 is 0. The highest BCUT2D eigenvalue weighted by Gasteiger charge is 2.62. The van der Waals surface area contributed by atoms with Gasteiger partial charge in [0.1, 0.15) is 5.78 Å². The summed E-state index contributed by atoms with van der Waals surface area (Å²) in [6, 6.07) is 0. The molecule has 0 saturated heterocycles. The molecule has 23 heavy (non-hydrogen) atoms. The van der Waals surface area contributed by atoms with Gasteiger partial charge < -0.3 is 0 Å². The van der Waals surface area contributed by atoms with E-state index in [1.807, 2.05) is 6.08 Å². The molecule has 1 aliphatic heterocycles.